The number of hydrogen-bond donors (Lipinski definition) is 4. The molecule has 2 aromatic rings. The maximum atomic E-state index is 15.4. The smallest absolute Gasteiger partial charge is 0.338 e. The Morgan fingerprint density at radius 1 is 0.967 bits per heavy atom. The van der Waals surface area contributed by atoms with Gasteiger partial charge in [-0.2, -0.15) is 0 Å². The van der Waals surface area contributed by atoms with Crippen LogP contribution in [-0.4, -0.2) is 109 Å². The normalized spacial score (nSPS) is 33.0. The molecule has 6 rings (SSSR count). The third-order valence-electron chi connectivity index (χ3n) is 12.5. The first-order valence-electron chi connectivity index (χ1n) is 19.7. The lowest BCUT2D eigenvalue weighted by molar-refractivity contribution is -0.346. The van der Waals surface area contributed by atoms with E-state index in [9.17, 15) is 39.3 Å². The van der Waals surface area contributed by atoms with E-state index in [1.807, 2.05) is 0 Å². The Balaban J connectivity index is 1.54. The van der Waals surface area contributed by atoms with Gasteiger partial charge < -0.3 is 48.7 Å². The number of aliphatic hydroxyl groups is 3. The van der Waals surface area contributed by atoms with Crippen LogP contribution in [-0.2, 0) is 42.9 Å². The molecule has 0 spiro atoms. The van der Waals surface area contributed by atoms with Gasteiger partial charge >= 0.3 is 23.9 Å². The number of furan rings is 1. The summed E-state index contributed by atoms with van der Waals surface area (Å²) in [5, 5.41) is 39.3. The molecule has 4 N–H and O–H groups in total. The third kappa shape index (κ3) is 7.67. The van der Waals surface area contributed by atoms with Crippen molar-refractivity contribution in [3.63, 3.8) is 0 Å². The third-order valence-corrected chi connectivity index (χ3v) is 13.4. The fraction of sp³-hybridized carbons (Fsp3) is 0.581. The number of aliphatic hydroxyl groups excluding tert-OH is 2. The summed E-state index contributed by atoms with van der Waals surface area (Å²) in [5.41, 5.74) is -7.67. The minimum Gasteiger partial charge on any atom is -0.467 e. The Labute approximate surface area is 351 Å². The second kappa shape index (κ2) is 16.0. The number of thioether (sulfide) groups is 1. The first-order chi connectivity index (χ1) is 27.9. The maximum absolute atomic E-state index is 15.4. The van der Waals surface area contributed by atoms with Crippen molar-refractivity contribution in [2.75, 3.05) is 6.61 Å². The van der Waals surface area contributed by atoms with Crippen molar-refractivity contribution in [3.05, 3.63) is 71.2 Å². The Morgan fingerprint density at radius 3 is 2.18 bits per heavy atom. The molecule has 3 fully saturated rings. The molecule has 2 heterocycles. The van der Waals surface area contributed by atoms with Gasteiger partial charge in [-0.25, -0.2) is 9.59 Å². The molecule has 1 aromatic heterocycles. The summed E-state index contributed by atoms with van der Waals surface area (Å²) in [6, 6.07) is 9.34. The average molecular weight is 856 g/mol. The van der Waals surface area contributed by atoms with Gasteiger partial charge in [0, 0.05) is 36.9 Å². The molecule has 1 saturated heterocycles. The van der Waals surface area contributed by atoms with Crippen LogP contribution in [0.3, 0.4) is 0 Å². The van der Waals surface area contributed by atoms with Crippen molar-refractivity contribution >= 4 is 46.7 Å². The number of ether oxygens (including phenoxy) is 5. The molecule has 60 heavy (non-hydrogen) atoms. The van der Waals surface area contributed by atoms with Gasteiger partial charge in [-0.3, -0.25) is 19.2 Å². The van der Waals surface area contributed by atoms with Gasteiger partial charge in [0.25, 0.3) is 5.24 Å². The molecule has 2 saturated carbocycles. The van der Waals surface area contributed by atoms with E-state index in [0.29, 0.717) is 0 Å². The highest BCUT2D eigenvalue weighted by Crippen LogP contribution is 2.64. The Kier molecular flexibility index (Phi) is 12.0. The zero-order valence-electron chi connectivity index (χ0n) is 35.0. The zero-order chi connectivity index (χ0) is 44.3. The van der Waals surface area contributed by atoms with Crippen LogP contribution in [0.2, 0.25) is 0 Å². The predicted octanol–water partition coefficient (Wildman–Crippen LogP) is 4.14. The van der Waals surface area contributed by atoms with Gasteiger partial charge in [0.1, 0.15) is 35.7 Å². The summed E-state index contributed by atoms with van der Waals surface area (Å²) in [6.45, 7) is 13.3. The van der Waals surface area contributed by atoms with E-state index in [0.717, 1.165) is 25.6 Å². The number of rotatable bonds is 9. The maximum Gasteiger partial charge on any atom is 0.338 e. The molecular weight excluding hydrogens is 803 g/mol. The lowest BCUT2D eigenvalue weighted by Crippen LogP contribution is -2.82. The molecule has 4 aliphatic rings. The molecule has 2 bridgehead atoms. The highest BCUT2D eigenvalue weighted by molar-refractivity contribution is 8.14. The van der Waals surface area contributed by atoms with E-state index < -0.39 is 117 Å². The van der Waals surface area contributed by atoms with Crippen LogP contribution in [0.4, 0.5) is 4.79 Å². The number of ketones is 1. The standard InChI is InChI=1S/C43H53NO15S/c1-21-26(57-37(51)31(48)30(25-16-13-17-54-25)44-38(52)60-39(4,5)6)19-43(53)35(58-36(50)24-14-11-10-12-15-24)33-41(9,27(47)18-28-42(33,20-55-28)59-23(3)46)34(49)32(56-22(2)45)29(21)40(43,7)8/h10-17,26-28,30-33,35,47-48,53H,18-20H2,1-9H3,(H,44,52). The number of carbonyl (C=O) groups excluding carboxylic acids is 6. The topological polar surface area (TPSA) is 234 Å². The zero-order valence-corrected chi connectivity index (χ0v) is 35.8. The number of benzene rings is 1. The van der Waals surface area contributed by atoms with E-state index in [-0.39, 0.29) is 35.5 Å². The van der Waals surface area contributed by atoms with Crippen LogP contribution in [0.5, 0.6) is 0 Å². The van der Waals surface area contributed by atoms with Gasteiger partial charge in [-0.1, -0.05) is 64.6 Å². The Bertz CT molecular complexity index is 2060. The number of Topliss-reactive ketones (excluding diaryl/α,β-unsaturated/α-hetero) is 1. The molecule has 11 unspecified atom stereocenters. The SMILES string of the molecule is CC(=O)OC1C(=O)C2(C)C(O)CC3OCC3(OC(C)=O)C2C(OC(=O)c2ccccc2)C2(O)CC(OC(=O)C(O)C(NC(=O)SC(C)(C)C)c3ccco3)C(C)=C1C2(C)C. The summed E-state index contributed by atoms with van der Waals surface area (Å²) < 4.78 is 35.1. The van der Waals surface area contributed by atoms with Crippen LogP contribution in [0, 0.1) is 16.7 Å². The molecule has 1 aliphatic heterocycles. The number of nitrogens with one attached hydrogen (secondary N) is 1. The summed E-state index contributed by atoms with van der Waals surface area (Å²) in [7, 11) is 0. The molecule has 1 amide bonds. The minimum atomic E-state index is -2.39. The quantitative estimate of drug-likeness (QED) is 0.158. The van der Waals surface area contributed by atoms with E-state index in [1.54, 1.807) is 52.8 Å². The fourth-order valence-electron chi connectivity index (χ4n) is 9.57. The second-order valence-corrected chi connectivity index (χ2v) is 19.6. The van der Waals surface area contributed by atoms with E-state index in [2.05, 4.69) is 5.32 Å². The van der Waals surface area contributed by atoms with Crippen molar-refractivity contribution in [3.8, 4) is 0 Å². The lowest BCUT2D eigenvalue weighted by Gasteiger charge is -2.67. The van der Waals surface area contributed by atoms with Crippen LogP contribution in [0.25, 0.3) is 0 Å². The van der Waals surface area contributed by atoms with Crippen molar-refractivity contribution < 1.29 is 72.2 Å². The van der Waals surface area contributed by atoms with Crippen molar-refractivity contribution in [1.29, 1.82) is 0 Å². The molecule has 11 atom stereocenters. The minimum absolute atomic E-state index is 0.0117. The largest absolute Gasteiger partial charge is 0.467 e. The predicted molar refractivity (Wildman–Crippen MR) is 212 cm³/mol. The van der Waals surface area contributed by atoms with Crippen LogP contribution in [0.15, 0.2) is 64.3 Å². The van der Waals surface area contributed by atoms with Gasteiger partial charge in [0.15, 0.2) is 23.6 Å². The molecule has 1 aromatic carbocycles. The monoisotopic (exact) mass is 855 g/mol. The van der Waals surface area contributed by atoms with Gasteiger partial charge in [0.05, 0.1) is 35.9 Å². The van der Waals surface area contributed by atoms with Crippen LogP contribution >= 0.6 is 11.8 Å². The summed E-state index contributed by atoms with van der Waals surface area (Å²) in [5.74, 6) is -6.27. The van der Waals surface area contributed by atoms with Crippen molar-refractivity contribution in [2.45, 2.75) is 134 Å². The number of esters is 4. The average Bonchev–Trinajstić information content (AvgIpc) is 3.69. The number of fused-ring (bicyclic) bond motifs is 5. The first-order valence-corrected chi connectivity index (χ1v) is 20.5. The highest BCUT2D eigenvalue weighted by atomic mass is 32.2. The molecule has 326 valence electrons. The Morgan fingerprint density at radius 2 is 1.63 bits per heavy atom. The summed E-state index contributed by atoms with van der Waals surface area (Å²) in [6.07, 6.45) is -9.29. The fourth-order valence-corrected chi connectivity index (χ4v) is 10.3. The number of carbonyl (C=O) groups is 6. The highest BCUT2D eigenvalue weighted by Gasteiger charge is 2.78. The van der Waals surface area contributed by atoms with E-state index in [4.69, 9.17) is 28.1 Å². The van der Waals surface area contributed by atoms with E-state index >= 15 is 4.79 Å². The van der Waals surface area contributed by atoms with Crippen LogP contribution in [0.1, 0.15) is 97.3 Å². The Hall–Kier alpha value is -4.55. The summed E-state index contributed by atoms with van der Waals surface area (Å²) in [4.78, 5) is 82.7. The van der Waals surface area contributed by atoms with Gasteiger partial charge in [-0.15, -0.1) is 0 Å². The van der Waals surface area contributed by atoms with Gasteiger partial charge in [0.2, 0.25) is 0 Å². The van der Waals surface area contributed by atoms with Gasteiger partial charge in [-0.05, 0) is 49.3 Å². The number of amides is 1. The lowest BCUT2D eigenvalue weighted by atomic mass is 9.44. The van der Waals surface area contributed by atoms with E-state index in [1.165, 1.54) is 44.4 Å². The molecular formula is C43H53NO15S. The molecule has 16 nitrogen and oxygen atoms in total. The molecule has 17 heteroatoms. The molecule has 0 radical (unpaired) electrons. The summed E-state index contributed by atoms with van der Waals surface area (Å²) >= 11 is 0.920. The van der Waals surface area contributed by atoms with Crippen molar-refractivity contribution in [2.24, 2.45) is 16.7 Å². The van der Waals surface area contributed by atoms with Crippen molar-refractivity contribution in [1.82, 2.24) is 5.32 Å². The van der Waals surface area contributed by atoms with Crippen LogP contribution < -0.4 is 5.32 Å². The number of hydrogen-bond acceptors (Lipinski definition) is 16. The first kappa shape index (κ1) is 45.0. The molecule has 3 aliphatic carbocycles. The second-order valence-electron chi connectivity index (χ2n) is 17.8.